The molecule has 36 heavy (non-hydrogen) atoms. The van der Waals surface area contributed by atoms with Gasteiger partial charge in [-0.15, -0.1) is 0 Å². The van der Waals surface area contributed by atoms with Crippen molar-refractivity contribution in [3.05, 3.63) is 84.0 Å². The van der Waals surface area contributed by atoms with Gasteiger partial charge >= 0.3 is 20.2 Å². The minimum absolute atomic E-state index is 0.00367. The van der Waals surface area contributed by atoms with Gasteiger partial charge in [0.05, 0.1) is 18.3 Å². The molecular weight excluding hydrogens is 462 g/mol. The maximum Gasteiger partial charge on any atom is 0.491 e. The van der Waals surface area contributed by atoms with Crippen LogP contribution in [-0.2, 0) is 28.4 Å². The van der Waals surface area contributed by atoms with E-state index in [4.69, 9.17) is 14.0 Å². The number of hydrogen-bond donors (Lipinski definition) is 2. The molecule has 0 bridgehead atoms. The van der Waals surface area contributed by atoms with Gasteiger partial charge in [0, 0.05) is 37.3 Å². The predicted octanol–water partition coefficient (Wildman–Crippen LogP) is 0.654. The molecule has 0 saturated carbocycles. The lowest BCUT2D eigenvalue weighted by Gasteiger charge is -2.44. The molecule has 2 N–H and O–H groups in total. The molecule has 0 unspecified atom stereocenters. The number of allylic oxidation sites excluding steroid dienone is 2. The van der Waals surface area contributed by atoms with E-state index in [9.17, 15) is 24.4 Å². The fourth-order valence-electron chi connectivity index (χ4n) is 4.60. The highest BCUT2D eigenvalue weighted by Crippen LogP contribution is 2.42. The molecule has 0 fully saturated rings. The molecule has 184 valence electrons. The lowest BCUT2D eigenvalue weighted by molar-refractivity contribution is -0.142. The second-order valence-electron chi connectivity index (χ2n) is 8.88. The second kappa shape index (κ2) is 11.2. The Labute approximate surface area is 209 Å². The van der Waals surface area contributed by atoms with E-state index in [0.29, 0.717) is 10.9 Å². The van der Waals surface area contributed by atoms with E-state index in [1.54, 1.807) is 60.7 Å². The molecule has 0 radical (unpaired) electrons. The van der Waals surface area contributed by atoms with E-state index >= 15 is 0 Å². The third-order valence-electron chi connectivity index (χ3n) is 6.34. The summed E-state index contributed by atoms with van der Waals surface area (Å²) in [6, 6.07) is 17.4. The lowest BCUT2D eigenvalue weighted by atomic mass is 9.69. The first-order valence-electron chi connectivity index (χ1n) is 11.7. The van der Waals surface area contributed by atoms with E-state index < -0.39 is 31.9 Å². The minimum atomic E-state index is -1.37. The largest absolute Gasteiger partial charge is 0.491 e. The van der Waals surface area contributed by atoms with Crippen LogP contribution in [0.15, 0.2) is 84.0 Å². The molecule has 0 spiro atoms. The van der Waals surface area contributed by atoms with Crippen molar-refractivity contribution >= 4 is 42.7 Å². The number of carbonyl (C=O) groups excluding carboxylic acids is 3. The van der Waals surface area contributed by atoms with Crippen LogP contribution >= 0.6 is 0 Å². The molecule has 10 heteroatoms. The van der Waals surface area contributed by atoms with Crippen molar-refractivity contribution in [2.75, 3.05) is 6.61 Å². The first kappa shape index (κ1) is 25.8. The van der Waals surface area contributed by atoms with Crippen molar-refractivity contribution in [2.45, 2.75) is 37.9 Å². The monoisotopic (exact) mass is 488 g/mol. The van der Waals surface area contributed by atoms with Crippen molar-refractivity contribution in [3.63, 3.8) is 0 Å². The number of carbonyl (C=O) groups is 3. The summed E-state index contributed by atoms with van der Waals surface area (Å²) >= 11 is 0. The van der Waals surface area contributed by atoms with Gasteiger partial charge in [-0.2, -0.15) is 0 Å². The van der Waals surface area contributed by atoms with Gasteiger partial charge in [-0.3, -0.25) is 14.4 Å². The summed E-state index contributed by atoms with van der Waals surface area (Å²) in [5, 5.41) is 21.7. The molecular formula is C26H26B2O8. The molecule has 4 rings (SSSR count). The molecule has 0 saturated heterocycles. The summed E-state index contributed by atoms with van der Waals surface area (Å²) in [5.74, 6) is -1.24. The van der Waals surface area contributed by atoms with Gasteiger partial charge in [0.25, 0.3) is 0 Å². The first-order valence-corrected chi connectivity index (χ1v) is 11.7. The number of benzene rings is 2. The van der Waals surface area contributed by atoms with E-state index in [1.165, 1.54) is 19.1 Å². The van der Waals surface area contributed by atoms with Crippen molar-refractivity contribution in [1.82, 2.24) is 0 Å². The maximum absolute atomic E-state index is 12.9. The Morgan fingerprint density at radius 3 is 2.14 bits per heavy atom. The summed E-state index contributed by atoms with van der Waals surface area (Å²) in [6.07, 6.45) is 1.54. The van der Waals surface area contributed by atoms with Crippen LogP contribution in [0.2, 0.25) is 0 Å². The summed E-state index contributed by atoms with van der Waals surface area (Å²) in [6.45, 7) is 1.25. The molecule has 2 aliphatic rings. The molecule has 2 aliphatic carbocycles. The van der Waals surface area contributed by atoms with Crippen molar-refractivity contribution in [3.8, 4) is 0 Å². The SMILES string of the molecule is CC(=O)OCC[C@]1(OB(O)c2ccccc2)CC2=C(C(=O)C=CC2=O)[C@@H](OB(O)c2ccccc2)C1. The van der Waals surface area contributed by atoms with Crippen molar-refractivity contribution < 1.29 is 38.5 Å². The molecule has 0 aliphatic heterocycles. The normalized spacial score (nSPS) is 21.2. The molecule has 2 atom stereocenters. The first-order chi connectivity index (χ1) is 17.3. The average molecular weight is 488 g/mol. The van der Waals surface area contributed by atoms with Crippen LogP contribution in [-0.4, -0.2) is 60.1 Å². The zero-order valence-electron chi connectivity index (χ0n) is 19.8. The Hall–Kier alpha value is -3.30. The highest BCUT2D eigenvalue weighted by molar-refractivity contribution is 6.60. The van der Waals surface area contributed by atoms with Gasteiger partial charge in [-0.05, 0) is 23.1 Å². The van der Waals surface area contributed by atoms with Gasteiger partial charge in [0.2, 0.25) is 0 Å². The molecule has 8 nitrogen and oxygen atoms in total. The van der Waals surface area contributed by atoms with E-state index in [1.807, 2.05) is 0 Å². The van der Waals surface area contributed by atoms with Crippen LogP contribution in [0, 0.1) is 0 Å². The van der Waals surface area contributed by atoms with E-state index in [2.05, 4.69) is 0 Å². The molecule has 0 amide bonds. The smallest absolute Gasteiger partial charge is 0.466 e. The number of esters is 1. The van der Waals surface area contributed by atoms with Crippen LogP contribution in [0.3, 0.4) is 0 Å². The van der Waals surface area contributed by atoms with Crippen LogP contribution in [0.5, 0.6) is 0 Å². The number of rotatable bonds is 9. The fourth-order valence-corrected chi connectivity index (χ4v) is 4.60. The van der Waals surface area contributed by atoms with Crippen LogP contribution < -0.4 is 10.9 Å². The highest BCUT2D eigenvalue weighted by atomic mass is 16.6. The summed E-state index contributed by atoms with van der Waals surface area (Å²) < 4.78 is 17.3. The summed E-state index contributed by atoms with van der Waals surface area (Å²) in [5.41, 5.74) is 0.106. The lowest BCUT2D eigenvalue weighted by Crippen LogP contribution is -2.53. The van der Waals surface area contributed by atoms with E-state index in [-0.39, 0.29) is 48.6 Å². The average Bonchev–Trinajstić information content (AvgIpc) is 2.87. The number of hydrogen-bond acceptors (Lipinski definition) is 8. The molecule has 2 aromatic rings. The summed E-state index contributed by atoms with van der Waals surface area (Å²) in [4.78, 5) is 37.2. The molecule has 0 heterocycles. The third-order valence-corrected chi connectivity index (χ3v) is 6.34. The zero-order valence-corrected chi connectivity index (χ0v) is 19.8. The van der Waals surface area contributed by atoms with Gasteiger partial charge in [-0.1, -0.05) is 60.7 Å². The highest BCUT2D eigenvalue weighted by Gasteiger charge is 2.48. The Morgan fingerprint density at radius 1 is 0.944 bits per heavy atom. The Bertz CT molecular complexity index is 1180. The standard InChI is InChI=1S/C26H26B2O8/c1-18(29)34-15-14-26(36-28(33)20-10-6-3-7-11-20)16-21-22(30)12-13-23(31)25(21)24(17-26)35-27(32)19-8-4-2-5-9-19/h2-13,24,32-33H,14-17H2,1H3/t24-,26-/m0/s1. The number of ether oxygens (including phenoxy) is 1. The van der Waals surface area contributed by atoms with Crippen molar-refractivity contribution in [1.29, 1.82) is 0 Å². The minimum Gasteiger partial charge on any atom is -0.466 e. The van der Waals surface area contributed by atoms with Gasteiger partial charge in [0.1, 0.15) is 0 Å². The predicted molar refractivity (Wildman–Crippen MR) is 133 cm³/mol. The van der Waals surface area contributed by atoms with Gasteiger partial charge in [0.15, 0.2) is 11.6 Å². The van der Waals surface area contributed by atoms with Crippen LogP contribution in [0.25, 0.3) is 0 Å². The maximum atomic E-state index is 12.9. The van der Waals surface area contributed by atoms with Crippen molar-refractivity contribution in [2.24, 2.45) is 0 Å². The second-order valence-corrected chi connectivity index (χ2v) is 8.88. The van der Waals surface area contributed by atoms with Crippen LogP contribution in [0.4, 0.5) is 0 Å². The van der Waals surface area contributed by atoms with E-state index in [0.717, 1.165) is 0 Å². The Kier molecular flexibility index (Phi) is 8.01. The molecule has 0 aromatic heterocycles. The zero-order chi connectivity index (χ0) is 25.7. The third kappa shape index (κ3) is 5.91. The number of ketones is 2. The van der Waals surface area contributed by atoms with Crippen LogP contribution in [0.1, 0.15) is 26.2 Å². The Balaban J connectivity index is 1.70. The molecule has 2 aromatic carbocycles. The quantitative estimate of drug-likeness (QED) is 0.300. The van der Waals surface area contributed by atoms with Gasteiger partial charge in [-0.25, -0.2) is 0 Å². The fraction of sp³-hybridized carbons (Fsp3) is 0.269. The topological polar surface area (TPSA) is 119 Å². The Morgan fingerprint density at radius 2 is 1.53 bits per heavy atom. The summed E-state index contributed by atoms with van der Waals surface area (Å²) in [7, 11) is -2.72. The van der Waals surface area contributed by atoms with Gasteiger partial charge < -0.3 is 24.1 Å².